The molecule has 3 radical (unpaired) electrons. The van der Waals surface area contributed by atoms with Crippen molar-refractivity contribution in [1.82, 2.24) is 0 Å². The molecule has 1 saturated heterocycles. The lowest BCUT2D eigenvalue weighted by atomic mass is 11.0. The largest absolute Gasteiger partial charge is 0.605 e. The first-order valence-electron chi connectivity index (χ1n) is 7.21. The van der Waals surface area contributed by atoms with Gasteiger partial charge in [0.05, 0.1) is 18.1 Å². The lowest BCUT2D eigenvalue weighted by Crippen LogP contribution is -2.91. The molecule has 0 saturated carbocycles. The van der Waals surface area contributed by atoms with Crippen molar-refractivity contribution in [3.05, 3.63) is 0 Å². The zero-order valence-electron chi connectivity index (χ0n) is 14.0. The minimum atomic E-state index is -0.381. The van der Waals surface area contributed by atoms with Gasteiger partial charge in [-0.1, -0.05) is 20.8 Å². The minimum absolute atomic E-state index is 0.381. The van der Waals surface area contributed by atoms with Gasteiger partial charge >= 0.3 is 27.4 Å². The van der Waals surface area contributed by atoms with Crippen LogP contribution in [0.3, 0.4) is 0 Å². The van der Waals surface area contributed by atoms with Gasteiger partial charge in [0.1, 0.15) is 0 Å². The Bertz CT molecular complexity index is 239. The van der Waals surface area contributed by atoms with Crippen molar-refractivity contribution in [1.29, 1.82) is 0 Å². The molecular formula is C12H33N3Si3+3. The van der Waals surface area contributed by atoms with Crippen molar-refractivity contribution in [3.8, 4) is 0 Å². The van der Waals surface area contributed by atoms with Gasteiger partial charge in [0.15, 0.2) is 0 Å². The summed E-state index contributed by atoms with van der Waals surface area (Å²) in [6, 6.07) is 4.23. The molecule has 0 aromatic carbocycles. The molecule has 1 aliphatic rings. The highest BCUT2D eigenvalue weighted by atomic mass is 28.4. The van der Waals surface area contributed by atoms with Crippen LogP contribution >= 0.6 is 0 Å². The molecule has 105 valence electrons. The van der Waals surface area contributed by atoms with Gasteiger partial charge in [-0.3, -0.25) is 0 Å². The SMILES string of the molecule is CC[Si]1[N+](C)(C)[Si](CC)[N+](C)(C)[Si](CC)[N+]1(C)C. The lowest BCUT2D eigenvalue weighted by molar-refractivity contribution is -0.912. The fraction of sp³-hybridized carbons (Fsp3) is 1.00. The summed E-state index contributed by atoms with van der Waals surface area (Å²) in [6.07, 6.45) is 0. The lowest BCUT2D eigenvalue weighted by Gasteiger charge is -2.57. The first-order valence-corrected chi connectivity index (χ1v) is 12.0. The van der Waals surface area contributed by atoms with Gasteiger partial charge in [-0.05, 0) is 0 Å². The Morgan fingerprint density at radius 2 is 0.667 bits per heavy atom. The molecule has 1 rings (SSSR count). The molecule has 1 fully saturated rings. The van der Waals surface area contributed by atoms with Gasteiger partial charge in [0, 0.05) is 42.3 Å². The van der Waals surface area contributed by atoms with Crippen molar-refractivity contribution >= 4 is 27.4 Å². The Hall–Kier alpha value is 0.531. The molecular weight excluding hydrogens is 270 g/mol. The summed E-state index contributed by atoms with van der Waals surface area (Å²) >= 11 is 0. The second kappa shape index (κ2) is 5.14. The fourth-order valence-electron chi connectivity index (χ4n) is 4.69. The Labute approximate surface area is 120 Å². The van der Waals surface area contributed by atoms with E-state index in [0.29, 0.717) is 0 Å². The first-order chi connectivity index (χ1) is 8.08. The molecule has 1 heterocycles. The molecule has 0 N–H and O–H groups in total. The summed E-state index contributed by atoms with van der Waals surface area (Å²) in [7, 11) is 14.1. The summed E-state index contributed by atoms with van der Waals surface area (Å²) in [6.45, 7) is 7.30. The Morgan fingerprint density at radius 1 is 0.500 bits per heavy atom. The van der Waals surface area contributed by atoms with Crippen LogP contribution in [0.1, 0.15) is 20.8 Å². The van der Waals surface area contributed by atoms with Crippen LogP contribution in [0.15, 0.2) is 0 Å². The molecule has 0 atom stereocenters. The van der Waals surface area contributed by atoms with Crippen molar-refractivity contribution in [2.24, 2.45) is 0 Å². The second-order valence-electron chi connectivity index (χ2n) is 6.67. The topological polar surface area (TPSA) is 0 Å². The van der Waals surface area contributed by atoms with E-state index in [4.69, 9.17) is 0 Å². The van der Waals surface area contributed by atoms with Crippen molar-refractivity contribution in [2.45, 2.75) is 38.9 Å². The summed E-state index contributed by atoms with van der Waals surface area (Å²) < 4.78 is 4.11. The summed E-state index contributed by atoms with van der Waals surface area (Å²) in [4.78, 5) is 0. The third-order valence-corrected chi connectivity index (χ3v) is 19.1. The standard InChI is InChI=1S/C12H33N3Si3/c1-10-16-13(4,5)17(11-2)15(8,9)18(12-3)14(16,6)7/h10-12H2,1-9H3/q+3. The molecule has 3 nitrogen and oxygen atoms in total. The fourth-order valence-corrected chi connectivity index (χ4v) is 25.0. The molecule has 0 amide bonds. The van der Waals surface area contributed by atoms with E-state index in [1.54, 1.807) is 0 Å². The van der Waals surface area contributed by atoms with Crippen molar-refractivity contribution < 1.29 is 11.4 Å². The van der Waals surface area contributed by atoms with Gasteiger partial charge in [-0.25, -0.2) is 0 Å². The molecule has 0 bridgehead atoms. The smallest absolute Gasteiger partial charge is 0.344 e. The van der Waals surface area contributed by atoms with Gasteiger partial charge in [-0.15, -0.1) is 0 Å². The molecule has 1 aliphatic heterocycles. The van der Waals surface area contributed by atoms with Crippen LogP contribution in [0.4, 0.5) is 0 Å². The summed E-state index contributed by atoms with van der Waals surface area (Å²) in [5.74, 6) is 0. The van der Waals surface area contributed by atoms with Gasteiger partial charge < -0.3 is 11.4 Å². The predicted molar refractivity (Wildman–Crippen MR) is 85.0 cm³/mol. The van der Waals surface area contributed by atoms with Crippen LogP contribution in [0, 0.1) is 0 Å². The van der Waals surface area contributed by atoms with Crippen molar-refractivity contribution in [3.63, 3.8) is 0 Å². The molecule has 18 heavy (non-hydrogen) atoms. The van der Waals surface area contributed by atoms with Crippen molar-refractivity contribution in [2.75, 3.05) is 42.3 Å². The maximum Gasteiger partial charge on any atom is 0.605 e. The average Bonchev–Trinajstić information content (AvgIpc) is 2.15. The maximum atomic E-state index is 2.55. The van der Waals surface area contributed by atoms with E-state index >= 15 is 0 Å². The van der Waals surface area contributed by atoms with Crippen LogP contribution in [-0.4, -0.2) is 81.1 Å². The normalized spacial score (nSPS) is 28.5. The highest BCUT2D eigenvalue weighted by Crippen LogP contribution is 2.35. The second-order valence-corrected chi connectivity index (χ2v) is 19.3. The maximum absolute atomic E-state index is 2.55. The van der Waals surface area contributed by atoms with Gasteiger partial charge in [0.25, 0.3) is 0 Å². The van der Waals surface area contributed by atoms with E-state index in [1.165, 1.54) is 29.6 Å². The number of hydrogen-bond donors (Lipinski definition) is 0. The molecule has 0 spiro atoms. The Morgan fingerprint density at radius 3 is 0.778 bits per heavy atom. The molecule has 0 aromatic rings. The van der Waals surface area contributed by atoms with Crippen LogP contribution in [0.2, 0.25) is 18.1 Å². The first kappa shape index (κ1) is 16.6. The summed E-state index contributed by atoms with van der Waals surface area (Å²) in [5, 5.41) is 0. The van der Waals surface area contributed by atoms with E-state index in [-0.39, 0.29) is 27.4 Å². The summed E-state index contributed by atoms with van der Waals surface area (Å²) in [5.41, 5.74) is 0. The van der Waals surface area contributed by atoms with E-state index < -0.39 is 0 Å². The molecule has 0 unspecified atom stereocenters. The highest BCUT2D eigenvalue weighted by Gasteiger charge is 2.75. The third kappa shape index (κ3) is 2.20. The quantitative estimate of drug-likeness (QED) is 0.697. The van der Waals surface area contributed by atoms with E-state index in [1.807, 2.05) is 0 Å². The van der Waals surface area contributed by atoms with E-state index in [2.05, 4.69) is 63.1 Å². The molecule has 0 aliphatic carbocycles. The van der Waals surface area contributed by atoms with Crippen LogP contribution < -0.4 is 0 Å². The number of rotatable bonds is 3. The zero-order chi connectivity index (χ0) is 14.4. The third-order valence-electron chi connectivity index (χ3n) is 4.82. The molecule has 6 heteroatoms. The van der Waals surface area contributed by atoms with Crippen LogP contribution in [0.25, 0.3) is 0 Å². The zero-order valence-corrected chi connectivity index (χ0v) is 17.0. The number of nitrogens with zero attached hydrogens (tertiary/aromatic N) is 3. The van der Waals surface area contributed by atoms with Crippen LogP contribution in [0.5, 0.6) is 0 Å². The highest BCUT2D eigenvalue weighted by molar-refractivity contribution is 6.70. The Balaban J connectivity index is 3.36. The number of hydrogen-bond acceptors (Lipinski definition) is 0. The van der Waals surface area contributed by atoms with E-state index in [0.717, 1.165) is 0 Å². The minimum Gasteiger partial charge on any atom is -0.344 e. The predicted octanol–water partition coefficient (Wildman–Crippen LogP) is 1.75. The average molecular weight is 304 g/mol. The van der Waals surface area contributed by atoms with E-state index in [9.17, 15) is 0 Å². The van der Waals surface area contributed by atoms with Gasteiger partial charge in [-0.2, -0.15) is 0 Å². The number of quaternary nitrogens is 3. The van der Waals surface area contributed by atoms with Gasteiger partial charge in [0.2, 0.25) is 0 Å². The van der Waals surface area contributed by atoms with Crippen LogP contribution in [-0.2, 0) is 0 Å². The molecule has 0 aromatic heterocycles. The Kier molecular flexibility index (Phi) is 4.74. The monoisotopic (exact) mass is 303 g/mol.